The first-order valence-electron chi connectivity index (χ1n) is 6.09. The van der Waals surface area contributed by atoms with Gasteiger partial charge >= 0.3 is 0 Å². The van der Waals surface area contributed by atoms with Gasteiger partial charge in [0.15, 0.2) is 11.5 Å². The van der Waals surface area contributed by atoms with Gasteiger partial charge in [0.25, 0.3) is 5.69 Å². The standard InChI is InChI=1S/C15H12N2O4/c1-20-15-8-11(9-16)6-7-14(15)21-10-12-4-2-3-5-13(12)17(18)19/h2-8H,10H2,1H3. The van der Waals surface area contributed by atoms with Crippen LogP contribution in [0.25, 0.3) is 0 Å². The van der Waals surface area contributed by atoms with E-state index in [0.29, 0.717) is 22.6 Å². The van der Waals surface area contributed by atoms with Crippen LogP contribution in [0.15, 0.2) is 42.5 Å². The Morgan fingerprint density at radius 3 is 2.67 bits per heavy atom. The highest BCUT2D eigenvalue weighted by molar-refractivity contribution is 5.47. The van der Waals surface area contributed by atoms with E-state index in [-0.39, 0.29) is 12.3 Å². The molecule has 6 heteroatoms. The molecule has 0 spiro atoms. The smallest absolute Gasteiger partial charge is 0.276 e. The highest BCUT2D eigenvalue weighted by Gasteiger charge is 2.14. The summed E-state index contributed by atoms with van der Waals surface area (Å²) in [7, 11) is 1.47. The Morgan fingerprint density at radius 2 is 2.00 bits per heavy atom. The van der Waals surface area contributed by atoms with Gasteiger partial charge in [0, 0.05) is 12.1 Å². The van der Waals surface area contributed by atoms with Crippen LogP contribution in [0.1, 0.15) is 11.1 Å². The molecule has 0 N–H and O–H groups in total. The Balaban J connectivity index is 2.21. The van der Waals surface area contributed by atoms with Gasteiger partial charge in [-0.25, -0.2) is 0 Å². The molecule has 0 aliphatic carbocycles. The number of hydrogen-bond acceptors (Lipinski definition) is 5. The molecule has 0 aliphatic heterocycles. The van der Waals surface area contributed by atoms with Crippen LogP contribution in [-0.2, 0) is 6.61 Å². The van der Waals surface area contributed by atoms with Crippen LogP contribution in [0.4, 0.5) is 5.69 Å². The van der Waals surface area contributed by atoms with Crippen LogP contribution >= 0.6 is 0 Å². The summed E-state index contributed by atoms with van der Waals surface area (Å²) in [5, 5.41) is 19.8. The van der Waals surface area contributed by atoms with Gasteiger partial charge in [-0.1, -0.05) is 12.1 Å². The molecule has 0 unspecified atom stereocenters. The topological polar surface area (TPSA) is 85.4 Å². The average Bonchev–Trinajstić information content (AvgIpc) is 2.52. The molecule has 6 nitrogen and oxygen atoms in total. The third kappa shape index (κ3) is 3.28. The average molecular weight is 284 g/mol. The van der Waals surface area contributed by atoms with Crippen molar-refractivity contribution >= 4 is 5.69 Å². The Hall–Kier alpha value is -3.07. The van der Waals surface area contributed by atoms with E-state index >= 15 is 0 Å². The molecule has 0 atom stereocenters. The van der Waals surface area contributed by atoms with Crippen LogP contribution in [0.3, 0.4) is 0 Å². The summed E-state index contributed by atoms with van der Waals surface area (Å²) >= 11 is 0. The molecule has 0 saturated carbocycles. The fraction of sp³-hybridized carbons (Fsp3) is 0.133. The van der Waals surface area contributed by atoms with Crippen LogP contribution in [0.2, 0.25) is 0 Å². The lowest BCUT2D eigenvalue weighted by Crippen LogP contribution is -2.01. The van der Waals surface area contributed by atoms with Gasteiger partial charge in [-0.05, 0) is 18.2 Å². The molecule has 0 heterocycles. The number of rotatable bonds is 5. The second kappa shape index (κ2) is 6.39. The normalized spacial score (nSPS) is 9.71. The van der Waals surface area contributed by atoms with Gasteiger partial charge in [-0.3, -0.25) is 10.1 Å². The van der Waals surface area contributed by atoms with Gasteiger partial charge in [0.05, 0.1) is 29.2 Å². The summed E-state index contributed by atoms with van der Waals surface area (Å²) in [6.45, 7) is 0.0411. The monoisotopic (exact) mass is 284 g/mol. The Labute approximate surface area is 121 Å². The minimum atomic E-state index is -0.450. The number of nitrogens with zero attached hydrogens (tertiary/aromatic N) is 2. The zero-order valence-corrected chi connectivity index (χ0v) is 11.3. The lowest BCUT2D eigenvalue weighted by molar-refractivity contribution is -0.385. The highest BCUT2D eigenvalue weighted by Crippen LogP contribution is 2.29. The molecule has 0 aliphatic rings. The van der Waals surface area contributed by atoms with E-state index in [4.69, 9.17) is 14.7 Å². The zero-order chi connectivity index (χ0) is 15.2. The van der Waals surface area contributed by atoms with Crippen molar-refractivity contribution in [1.82, 2.24) is 0 Å². The second-order valence-corrected chi connectivity index (χ2v) is 4.15. The summed E-state index contributed by atoms with van der Waals surface area (Å²) < 4.78 is 10.7. The number of para-hydroxylation sites is 1. The fourth-order valence-electron chi connectivity index (χ4n) is 1.82. The summed E-state index contributed by atoms with van der Waals surface area (Å²) in [4.78, 5) is 10.5. The first kappa shape index (κ1) is 14.3. The van der Waals surface area contributed by atoms with E-state index in [2.05, 4.69) is 0 Å². The molecule has 2 aromatic carbocycles. The lowest BCUT2D eigenvalue weighted by atomic mass is 10.2. The van der Waals surface area contributed by atoms with Crippen LogP contribution in [0.5, 0.6) is 11.5 Å². The molecule has 106 valence electrons. The maximum absolute atomic E-state index is 10.9. The predicted octanol–water partition coefficient (Wildman–Crippen LogP) is 3.05. The van der Waals surface area contributed by atoms with E-state index < -0.39 is 4.92 Å². The molecule has 2 aromatic rings. The number of nitriles is 1. The van der Waals surface area contributed by atoms with Gasteiger partial charge in [-0.2, -0.15) is 5.26 Å². The number of nitro benzene ring substituents is 1. The molecule has 0 bridgehead atoms. The lowest BCUT2D eigenvalue weighted by Gasteiger charge is -2.11. The van der Waals surface area contributed by atoms with E-state index in [1.807, 2.05) is 6.07 Å². The minimum Gasteiger partial charge on any atom is -0.493 e. The van der Waals surface area contributed by atoms with Gasteiger partial charge in [0.2, 0.25) is 0 Å². The molecule has 0 radical (unpaired) electrons. The molecule has 0 saturated heterocycles. The molecular weight excluding hydrogens is 272 g/mol. The summed E-state index contributed by atoms with van der Waals surface area (Å²) in [5.74, 6) is 0.835. The van der Waals surface area contributed by atoms with Crippen molar-refractivity contribution in [2.45, 2.75) is 6.61 Å². The van der Waals surface area contributed by atoms with Gasteiger partial charge in [-0.15, -0.1) is 0 Å². The predicted molar refractivity (Wildman–Crippen MR) is 75.1 cm³/mol. The van der Waals surface area contributed by atoms with Crippen molar-refractivity contribution in [1.29, 1.82) is 5.26 Å². The number of ether oxygens (including phenoxy) is 2. The summed E-state index contributed by atoms with van der Waals surface area (Å²) in [6.07, 6.45) is 0. The van der Waals surface area contributed by atoms with Crippen molar-refractivity contribution in [3.05, 3.63) is 63.7 Å². The maximum atomic E-state index is 10.9. The molecular formula is C15H12N2O4. The highest BCUT2D eigenvalue weighted by atomic mass is 16.6. The molecule has 0 aromatic heterocycles. The first-order valence-corrected chi connectivity index (χ1v) is 6.09. The Kier molecular flexibility index (Phi) is 4.36. The van der Waals surface area contributed by atoms with Crippen LogP contribution in [-0.4, -0.2) is 12.0 Å². The number of nitro groups is 1. The number of benzene rings is 2. The van der Waals surface area contributed by atoms with Crippen molar-refractivity contribution in [2.75, 3.05) is 7.11 Å². The Morgan fingerprint density at radius 1 is 1.24 bits per heavy atom. The van der Waals surface area contributed by atoms with Crippen molar-refractivity contribution in [2.24, 2.45) is 0 Å². The SMILES string of the molecule is COc1cc(C#N)ccc1OCc1ccccc1[N+](=O)[O-]. The largest absolute Gasteiger partial charge is 0.493 e. The summed E-state index contributed by atoms with van der Waals surface area (Å²) in [5.41, 5.74) is 0.920. The zero-order valence-electron chi connectivity index (χ0n) is 11.3. The van der Waals surface area contributed by atoms with Crippen molar-refractivity contribution < 1.29 is 14.4 Å². The van der Waals surface area contributed by atoms with Crippen molar-refractivity contribution in [3.8, 4) is 17.6 Å². The number of hydrogen-bond donors (Lipinski definition) is 0. The van der Waals surface area contributed by atoms with E-state index in [0.717, 1.165) is 0 Å². The Bertz CT molecular complexity index is 707. The summed E-state index contributed by atoms with van der Waals surface area (Å²) in [6, 6.07) is 13.1. The fourth-order valence-corrected chi connectivity index (χ4v) is 1.82. The first-order chi connectivity index (χ1) is 10.2. The third-order valence-corrected chi connectivity index (χ3v) is 2.86. The van der Waals surface area contributed by atoms with E-state index in [1.54, 1.807) is 36.4 Å². The molecule has 2 rings (SSSR count). The quantitative estimate of drug-likeness (QED) is 0.622. The van der Waals surface area contributed by atoms with Crippen LogP contribution < -0.4 is 9.47 Å². The van der Waals surface area contributed by atoms with E-state index in [1.165, 1.54) is 13.2 Å². The third-order valence-electron chi connectivity index (χ3n) is 2.86. The molecule has 21 heavy (non-hydrogen) atoms. The number of methoxy groups -OCH3 is 1. The van der Waals surface area contributed by atoms with E-state index in [9.17, 15) is 10.1 Å². The van der Waals surface area contributed by atoms with Crippen molar-refractivity contribution in [3.63, 3.8) is 0 Å². The van der Waals surface area contributed by atoms with Gasteiger partial charge in [0.1, 0.15) is 6.61 Å². The van der Waals surface area contributed by atoms with Crippen LogP contribution in [0, 0.1) is 21.4 Å². The minimum absolute atomic E-state index is 0.00473. The molecule has 0 fully saturated rings. The maximum Gasteiger partial charge on any atom is 0.276 e. The molecule has 0 amide bonds. The second-order valence-electron chi connectivity index (χ2n) is 4.15. The van der Waals surface area contributed by atoms with Gasteiger partial charge < -0.3 is 9.47 Å².